The fraction of sp³-hybridized carbons (Fsp3) is 0.409. The number of carbonyl (C=O) groups is 1. The van der Waals surface area contributed by atoms with Gasteiger partial charge in [0, 0.05) is 18.7 Å². The number of benzene rings is 2. The Hall–Kier alpha value is -2.73. The number of aliphatic hydroxyl groups excluding tert-OH is 1. The molecule has 1 amide bonds. The highest BCUT2D eigenvalue weighted by molar-refractivity contribution is 5.95. The van der Waals surface area contributed by atoms with E-state index in [0.29, 0.717) is 49.2 Å². The van der Waals surface area contributed by atoms with Crippen molar-refractivity contribution < 1.29 is 24.1 Å². The Balaban J connectivity index is 2.39. The van der Waals surface area contributed by atoms with Crippen LogP contribution in [0.15, 0.2) is 42.5 Å². The average molecular weight is 387 g/mol. The standard InChI is InChI=1S/C22H29NO5/c1-4-26-19-14-18(15-20(27-5-2)21(19)28-6-3)22(25)23(12-13-24)16-17-10-8-7-9-11-17/h7-11,14-15,24H,4-6,12-13,16H2,1-3H3. The second kappa shape index (κ2) is 11.2. The van der Waals surface area contributed by atoms with E-state index in [9.17, 15) is 9.90 Å². The first-order valence-electron chi connectivity index (χ1n) is 9.65. The zero-order valence-corrected chi connectivity index (χ0v) is 16.8. The van der Waals surface area contributed by atoms with Gasteiger partial charge in [-0.1, -0.05) is 30.3 Å². The third-order valence-corrected chi connectivity index (χ3v) is 4.03. The highest BCUT2D eigenvalue weighted by Gasteiger charge is 2.22. The molecule has 6 heteroatoms. The first-order valence-corrected chi connectivity index (χ1v) is 9.65. The zero-order chi connectivity index (χ0) is 20.4. The van der Waals surface area contributed by atoms with Gasteiger partial charge in [-0.05, 0) is 38.5 Å². The molecule has 0 radical (unpaired) electrons. The lowest BCUT2D eigenvalue weighted by atomic mass is 10.1. The molecule has 0 saturated carbocycles. The number of hydrogen-bond acceptors (Lipinski definition) is 5. The van der Waals surface area contributed by atoms with Crippen LogP contribution in [0.2, 0.25) is 0 Å². The number of ether oxygens (including phenoxy) is 3. The summed E-state index contributed by atoms with van der Waals surface area (Å²) in [6, 6.07) is 13.0. The number of carbonyl (C=O) groups excluding carboxylic acids is 1. The summed E-state index contributed by atoms with van der Waals surface area (Å²) >= 11 is 0. The van der Waals surface area contributed by atoms with Crippen LogP contribution in [0.1, 0.15) is 36.7 Å². The SMILES string of the molecule is CCOc1cc(C(=O)N(CCO)Cc2ccccc2)cc(OCC)c1OCC. The number of aliphatic hydroxyl groups is 1. The van der Waals surface area contributed by atoms with Crippen LogP contribution < -0.4 is 14.2 Å². The summed E-state index contributed by atoms with van der Waals surface area (Å²) in [6.07, 6.45) is 0. The van der Waals surface area contributed by atoms with Crippen molar-refractivity contribution >= 4 is 5.91 Å². The summed E-state index contributed by atoms with van der Waals surface area (Å²) in [5.41, 5.74) is 1.42. The summed E-state index contributed by atoms with van der Waals surface area (Å²) in [6.45, 7) is 7.48. The van der Waals surface area contributed by atoms with Crippen LogP contribution in [-0.4, -0.2) is 48.9 Å². The maximum atomic E-state index is 13.2. The molecule has 0 heterocycles. The molecule has 0 aromatic heterocycles. The van der Waals surface area contributed by atoms with Gasteiger partial charge in [0.2, 0.25) is 5.75 Å². The summed E-state index contributed by atoms with van der Waals surface area (Å²) in [5, 5.41) is 9.44. The predicted molar refractivity (Wildman–Crippen MR) is 108 cm³/mol. The van der Waals surface area contributed by atoms with Crippen molar-refractivity contribution in [1.82, 2.24) is 4.90 Å². The lowest BCUT2D eigenvalue weighted by Gasteiger charge is -2.23. The fourth-order valence-corrected chi connectivity index (χ4v) is 2.87. The van der Waals surface area contributed by atoms with E-state index in [2.05, 4.69) is 0 Å². The Morgan fingerprint density at radius 3 is 2.00 bits per heavy atom. The topological polar surface area (TPSA) is 68.2 Å². The van der Waals surface area contributed by atoms with Gasteiger partial charge in [0.1, 0.15) is 0 Å². The van der Waals surface area contributed by atoms with E-state index in [1.807, 2.05) is 51.1 Å². The minimum Gasteiger partial charge on any atom is -0.490 e. The molecule has 1 N–H and O–H groups in total. The second-order valence-corrected chi connectivity index (χ2v) is 6.04. The maximum absolute atomic E-state index is 13.2. The van der Waals surface area contributed by atoms with E-state index in [1.165, 1.54) is 0 Å². The Morgan fingerprint density at radius 2 is 1.50 bits per heavy atom. The van der Waals surface area contributed by atoms with Crippen molar-refractivity contribution in [3.05, 3.63) is 53.6 Å². The largest absolute Gasteiger partial charge is 0.490 e. The third-order valence-electron chi connectivity index (χ3n) is 4.03. The van der Waals surface area contributed by atoms with Crippen LogP contribution >= 0.6 is 0 Å². The number of rotatable bonds is 11. The van der Waals surface area contributed by atoms with Gasteiger partial charge in [-0.25, -0.2) is 0 Å². The van der Waals surface area contributed by atoms with Gasteiger partial charge in [-0.3, -0.25) is 4.79 Å². The molecule has 0 aliphatic heterocycles. The summed E-state index contributed by atoms with van der Waals surface area (Å²) in [5.74, 6) is 1.24. The smallest absolute Gasteiger partial charge is 0.254 e. The molecule has 2 aromatic rings. The molecule has 0 aliphatic rings. The molecule has 0 spiro atoms. The third kappa shape index (κ3) is 5.63. The molecule has 0 bridgehead atoms. The van der Waals surface area contributed by atoms with Gasteiger partial charge < -0.3 is 24.2 Å². The predicted octanol–water partition coefficient (Wildman–Crippen LogP) is 3.52. The maximum Gasteiger partial charge on any atom is 0.254 e. The van der Waals surface area contributed by atoms with E-state index < -0.39 is 0 Å². The lowest BCUT2D eigenvalue weighted by Crippen LogP contribution is -2.33. The minimum absolute atomic E-state index is 0.119. The van der Waals surface area contributed by atoms with Gasteiger partial charge >= 0.3 is 0 Å². The monoisotopic (exact) mass is 387 g/mol. The molecule has 152 valence electrons. The van der Waals surface area contributed by atoms with Crippen LogP contribution in [0, 0.1) is 0 Å². The molecule has 2 aromatic carbocycles. The van der Waals surface area contributed by atoms with E-state index in [-0.39, 0.29) is 19.1 Å². The van der Waals surface area contributed by atoms with E-state index >= 15 is 0 Å². The van der Waals surface area contributed by atoms with Crippen LogP contribution in [0.25, 0.3) is 0 Å². The molecule has 0 saturated heterocycles. The molecule has 28 heavy (non-hydrogen) atoms. The minimum atomic E-state index is -0.206. The quantitative estimate of drug-likeness (QED) is 0.639. The molecule has 0 unspecified atom stereocenters. The number of amides is 1. The molecule has 6 nitrogen and oxygen atoms in total. The van der Waals surface area contributed by atoms with Crippen molar-refractivity contribution in [2.75, 3.05) is 33.0 Å². The molecule has 0 aliphatic carbocycles. The zero-order valence-electron chi connectivity index (χ0n) is 16.8. The summed E-state index contributed by atoms with van der Waals surface area (Å²) in [7, 11) is 0. The summed E-state index contributed by atoms with van der Waals surface area (Å²) in [4.78, 5) is 14.8. The van der Waals surface area contributed by atoms with Gasteiger partial charge in [0.25, 0.3) is 5.91 Å². The van der Waals surface area contributed by atoms with E-state index in [4.69, 9.17) is 14.2 Å². The summed E-state index contributed by atoms with van der Waals surface area (Å²) < 4.78 is 17.1. The van der Waals surface area contributed by atoms with Gasteiger partial charge in [0.15, 0.2) is 11.5 Å². The van der Waals surface area contributed by atoms with Crippen molar-refractivity contribution in [1.29, 1.82) is 0 Å². The normalized spacial score (nSPS) is 10.4. The first kappa shape index (κ1) is 21.6. The van der Waals surface area contributed by atoms with Crippen molar-refractivity contribution in [3.63, 3.8) is 0 Å². The van der Waals surface area contributed by atoms with Gasteiger partial charge in [-0.2, -0.15) is 0 Å². The highest BCUT2D eigenvalue weighted by Crippen LogP contribution is 2.39. The Labute approximate surface area is 166 Å². The Kier molecular flexibility index (Phi) is 8.62. The average Bonchev–Trinajstić information content (AvgIpc) is 2.70. The number of hydrogen-bond donors (Lipinski definition) is 1. The molecule has 0 atom stereocenters. The van der Waals surface area contributed by atoms with Crippen LogP contribution in [0.3, 0.4) is 0 Å². The second-order valence-electron chi connectivity index (χ2n) is 6.04. The Bertz CT molecular complexity index is 721. The fourth-order valence-electron chi connectivity index (χ4n) is 2.87. The molecular formula is C22H29NO5. The highest BCUT2D eigenvalue weighted by atomic mass is 16.5. The van der Waals surface area contributed by atoms with Crippen molar-refractivity contribution in [2.45, 2.75) is 27.3 Å². The molecule has 2 rings (SSSR count). The molecule has 0 fully saturated rings. The Morgan fingerprint density at radius 1 is 0.929 bits per heavy atom. The molecular weight excluding hydrogens is 358 g/mol. The van der Waals surface area contributed by atoms with Gasteiger partial charge in [0.05, 0.1) is 26.4 Å². The number of nitrogens with zero attached hydrogens (tertiary/aromatic N) is 1. The van der Waals surface area contributed by atoms with Crippen molar-refractivity contribution in [2.24, 2.45) is 0 Å². The first-order chi connectivity index (χ1) is 13.6. The lowest BCUT2D eigenvalue weighted by molar-refractivity contribution is 0.0706. The van der Waals surface area contributed by atoms with Crippen LogP contribution in [-0.2, 0) is 6.54 Å². The van der Waals surface area contributed by atoms with Gasteiger partial charge in [-0.15, -0.1) is 0 Å². The van der Waals surface area contributed by atoms with Crippen LogP contribution in [0.5, 0.6) is 17.2 Å². The van der Waals surface area contributed by atoms with Crippen molar-refractivity contribution in [3.8, 4) is 17.2 Å². The van der Waals surface area contributed by atoms with Crippen LogP contribution in [0.4, 0.5) is 0 Å². The van der Waals surface area contributed by atoms with E-state index in [1.54, 1.807) is 17.0 Å². The van der Waals surface area contributed by atoms with E-state index in [0.717, 1.165) is 5.56 Å².